The molecule has 1 aliphatic carbocycles. The van der Waals surface area contributed by atoms with E-state index in [4.69, 9.17) is 0 Å². The van der Waals surface area contributed by atoms with E-state index in [0.29, 0.717) is 0 Å². The Kier molecular flexibility index (Phi) is 4.91. The smallest absolute Gasteiger partial charge is 0.479 e. The highest BCUT2D eigenvalue weighted by atomic mass is 19.4. The molecule has 2 amide bonds. The molecule has 9 heteroatoms. The SMILES string of the molecule is CCC(NC(=O)Nc1ccc(OC(F)(F)F)cc1)(C(=O)O)C1CC1. The molecule has 2 rings (SSSR count). The average molecular weight is 346 g/mol. The van der Waals surface area contributed by atoms with Crippen molar-refractivity contribution in [2.24, 2.45) is 5.92 Å². The minimum atomic E-state index is -4.79. The van der Waals surface area contributed by atoms with Gasteiger partial charge in [-0.15, -0.1) is 13.2 Å². The first-order chi connectivity index (χ1) is 11.2. The lowest BCUT2D eigenvalue weighted by molar-refractivity contribution is -0.274. The van der Waals surface area contributed by atoms with Crippen LogP contribution in [0, 0.1) is 5.92 Å². The number of carbonyl (C=O) groups excluding carboxylic acids is 1. The second kappa shape index (κ2) is 6.58. The number of aliphatic carboxylic acids is 1. The number of carboxylic acid groups (broad SMARTS) is 1. The van der Waals surface area contributed by atoms with E-state index in [1.54, 1.807) is 6.92 Å². The minimum Gasteiger partial charge on any atom is -0.479 e. The van der Waals surface area contributed by atoms with E-state index in [1.807, 2.05) is 0 Å². The largest absolute Gasteiger partial charge is 0.573 e. The monoisotopic (exact) mass is 346 g/mol. The van der Waals surface area contributed by atoms with Crippen molar-refractivity contribution in [1.82, 2.24) is 5.32 Å². The van der Waals surface area contributed by atoms with Gasteiger partial charge < -0.3 is 20.5 Å². The van der Waals surface area contributed by atoms with E-state index in [2.05, 4.69) is 15.4 Å². The lowest BCUT2D eigenvalue weighted by atomic mass is 9.90. The molecule has 0 heterocycles. The van der Waals surface area contributed by atoms with Gasteiger partial charge in [-0.2, -0.15) is 0 Å². The molecule has 24 heavy (non-hydrogen) atoms. The maximum Gasteiger partial charge on any atom is 0.573 e. The number of hydrogen-bond acceptors (Lipinski definition) is 3. The van der Waals surface area contributed by atoms with E-state index in [0.717, 1.165) is 25.0 Å². The molecule has 1 aliphatic rings. The van der Waals surface area contributed by atoms with Gasteiger partial charge in [0.25, 0.3) is 0 Å². The lowest BCUT2D eigenvalue weighted by Gasteiger charge is -2.29. The van der Waals surface area contributed by atoms with Crippen LogP contribution in [0.15, 0.2) is 24.3 Å². The van der Waals surface area contributed by atoms with Gasteiger partial charge in [-0.05, 0) is 49.4 Å². The summed E-state index contributed by atoms with van der Waals surface area (Å²) in [6, 6.07) is 3.83. The second-order valence-electron chi connectivity index (χ2n) is 5.56. The molecule has 6 nitrogen and oxygen atoms in total. The van der Waals surface area contributed by atoms with Crippen LogP contribution in [0.5, 0.6) is 5.75 Å². The second-order valence-corrected chi connectivity index (χ2v) is 5.56. The van der Waals surface area contributed by atoms with Crippen LogP contribution in [0.1, 0.15) is 26.2 Å². The van der Waals surface area contributed by atoms with Gasteiger partial charge in [0.15, 0.2) is 0 Å². The first kappa shape index (κ1) is 17.9. The molecule has 1 aromatic carbocycles. The quantitative estimate of drug-likeness (QED) is 0.737. The number of hydrogen-bond donors (Lipinski definition) is 3. The molecule has 0 radical (unpaired) electrons. The molecule has 0 saturated heterocycles. The minimum absolute atomic E-state index is 0.117. The number of urea groups is 1. The highest BCUT2D eigenvalue weighted by Gasteiger charge is 2.51. The van der Waals surface area contributed by atoms with Crippen molar-refractivity contribution >= 4 is 17.7 Å². The zero-order valence-electron chi connectivity index (χ0n) is 12.8. The van der Waals surface area contributed by atoms with Crippen LogP contribution in [0.3, 0.4) is 0 Å². The number of carbonyl (C=O) groups is 2. The Hall–Kier alpha value is -2.45. The highest BCUT2D eigenvalue weighted by molar-refractivity contribution is 5.94. The molecule has 3 N–H and O–H groups in total. The number of rotatable bonds is 6. The van der Waals surface area contributed by atoms with Crippen molar-refractivity contribution in [2.45, 2.75) is 38.1 Å². The fourth-order valence-corrected chi connectivity index (χ4v) is 2.54. The van der Waals surface area contributed by atoms with Crippen molar-refractivity contribution in [2.75, 3.05) is 5.32 Å². The van der Waals surface area contributed by atoms with Crippen LogP contribution in [0.25, 0.3) is 0 Å². The van der Waals surface area contributed by atoms with Crippen LogP contribution >= 0.6 is 0 Å². The van der Waals surface area contributed by atoms with Gasteiger partial charge in [-0.25, -0.2) is 9.59 Å². The number of nitrogens with one attached hydrogen (secondary N) is 2. The van der Waals surface area contributed by atoms with Crippen molar-refractivity contribution in [1.29, 1.82) is 0 Å². The van der Waals surface area contributed by atoms with Gasteiger partial charge in [0.05, 0.1) is 0 Å². The molecule has 1 atom stereocenters. The molecular formula is C15H17F3N2O4. The number of carboxylic acids is 1. The standard InChI is InChI=1S/C15H17F3N2O4/c1-2-14(12(21)22,9-3-4-9)20-13(23)19-10-5-7-11(8-6-10)24-15(16,17)18/h5-9H,2-4H2,1H3,(H,21,22)(H2,19,20,23). The summed E-state index contributed by atoms with van der Waals surface area (Å²) in [5.74, 6) is -1.63. The van der Waals surface area contributed by atoms with E-state index in [9.17, 15) is 27.9 Å². The summed E-state index contributed by atoms with van der Waals surface area (Å²) in [4.78, 5) is 23.6. The van der Waals surface area contributed by atoms with Gasteiger partial charge in [0.1, 0.15) is 11.3 Å². The summed E-state index contributed by atoms with van der Waals surface area (Å²) in [6.45, 7) is 1.68. The lowest BCUT2D eigenvalue weighted by Crippen LogP contribution is -2.57. The number of ether oxygens (including phenoxy) is 1. The average Bonchev–Trinajstić information content (AvgIpc) is 3.30. The molecule has 1 saturated carbocycles. The topological polar surface area (TPSA) is 87.7 Å². The summed E-state index contributed by atoms with van der Waals surface area (Å²) in [5, 5.41) is 14.3. The van der Waals surface area contributed by atoms with Gasteiger partial charge in [0, 0.05) is 5.69 Å². The maximum absolute atomic E-state index is 12.1. The Morgan fingerprint density at radius 2 is 1.83 bits per heavy atom. The zero-order valence-corrected chi connectivity index (χ0v) is 12.8. The summed E-state index contributed by atoms with van der Waals surface area (Å²) in [5.41, 5.74) is -1.11. The first-order valence-electron chi connectivity index (χ1n) is 7.34. The zero-order chi connectivity index (χ0) is 18.0. The van der Waals surface area contributed by atoms with Crippen molar-refractivity contribution in [3.05, 3.63) is 24.3 Å². The molecule has 132 valence electrons. The third-order valence-electron chi connectivity index (χ3n) is 3.90. The number of anilines is 1. The molecule has 1 aromatic rings. The molecule has 0 spiro atoms. The van der Waals surface area contributed by atoms with Crippen LogP contribution in [-0.2, 0) is 4.79 Å². The summed E-state index contributed by atoms with van der Waals surface area (Å²) in [7, 11) is 0. The number of amides is 2. The van der Waals surface area contributed by atoms with Crippen LogP contribution in [-0.4, -0.2) is 29.0 Å². The molecule has 0 bridgehead atoms. The number of alkyl halides is 3. The Balaban J connectivity index is 2.00. The summed E-state index contributed by atoms with van der Waals surface area (Å²) < 4.78 is 40.0. The van der Waals surface area contributed by atoms with Gasteiger partial charge in [-0.3, -0.25) is 0 Å². The Bertz CT molecular complexity index is 614. The van der Waals surface area contributed by atoms with Crippen LogP contribution in [0.4, 0.5) is 23.7 Å². The summed E-state index contributed by atoms with van der Waals surface area (Å²) in [6.07, 6.45) is -3.11. The third kappa shape index (κ3) is 4.30. The molecule has 1 fully saturated rings. The van der Waals surface area contributed by atoms with Gasteiger partial charge in [-0.1, -0.05) is 6.92 Å². The predicted molar refractivity (Wildman–Crippen MR) is 78.7 cm³/mol. The van der Waals surface area contributed by atoms with Crippen molar-refractivity contribution in [3.8, 4) is 5.75 Å². The fourth-order valence-electron chi connectivity index (χ4n) is 2.54. The number of benzene rings is 1. The van der Waals surface area contributed by atoms with E-state index >= 15 is 0 Å². The van der Waals surface area contributed by atoms with E-state index < -0.39 is 29.7 Å². The van der Waals surface area contributed by atoms with Crippen molar-refractivity contribution < 1.29 is 32.6 Å². The fraction of sp³-hybridized carbons (Fsp3) is 0.467. The normalized spacial score (nSPS) is 16.8. The molecular weight excluding hydrogens is 329 g/mol. The molecule has 0 aromatic heterocycles. The van der Waals surface area contributed by atoms with Crippen LogP contribution in [0.2, 0.25) is 0 Å². The van der Waals surface area contributed by atoms with E-state index in [-0.39, 0.29) is 18.0 Å². The number of halogens is 3. The van der Waals surface area contributed by atoms with Crippen molar-refractivity contribution in [3.63, 3.8) is 0 Å². The Morgan fingerprint density at radius 1 is 1.25 bits per heavy atom. The van der Waals surface area contributed by atoms with Crippen LogP contribution < -0.4 is 15.4 Å². The Morgan fingerprint density at radius 3 is 2.25 bits per heavy atom. The predicted octanol–water partition coefficient (Wildman–Crippen LogP) is 3.35. The molecule has 1 unspecified atom stereocenters. The highest BCUT2D eigenvalue weighted by Crippen LogP contribution is 2.41. The Labute approximate surface area is 136 Å². The van der Waals surface area contributed by atoms with Gasteiger partial charge in [0.2, 0.25) is 0 Å². The summed E-state index contributed by atoms with van der Waals surface area (Å²) >= 11 is 0. The molecule has 0 aliphatic heterocycles. The maximum atomic E-state index is 12.1. The van der Waals surface area contributed by atoms with E-state index in [1.165, 1.54) is 12.1 Å². The first-order valence-corrected chi connectivity index (χ1v) is 7.34. The third-order valence-corrected chi connectivity index (χ3v) is 3.90. The van der Waals surface area contributed by atoms with Gasteiger partial charge >= 0.3 is 18.4 Å².